The molecule has 0 aliphatic rings. The molecule has 0 atom stereocenters. The Hall–Kier alpha value is -2.85. The van der Waals surface area contributed by atoms with Crippen molar-refractivity contribution >= 4 is 22.0 Å². The fraction of sp³-hybridized carbons (Fsp3) is 0.263. The second-order valence-corrected chi connectivity index (χ2v) is 5.41. The number of hydrogen-bond donors (Lipinski definition) is 0. The van der Waals surface area contributed by atoms with Gasteiger partial charge in [-0.25, -0.2) is 10.1 Å². The molecule has 2 aromatic rings. The van der Waals surface area contributed by atoms with Crippen molar-refractivity contribution in [1.82, 2.24) is 0 Å². The minimum absolute atomic E-state index is 0.118. The van der Waals surface area contributed by atoms with Gasteiger partial charge < -0.3 is 4.90 Å². The van der Waals surface area contributed by atoms with E-state index in [1.54, 1.807) is 6.92 Å². The lowest BCUT2D eigenvalue weighted by Crippen LogP contribution is -2.18. The Bertz CT molecular complexity index is 809. The van der Waals surface area contributed by atoms with Gasteiger partial charge in [-0.2, -0.15) is 0 Å². The molecule has 0 unspecified atom stereocenters. The van der Waals surface area contributed by atoms with E-state index in [1.807, 2.05) is 48.3 Å². The SMILES string of the molecule is [C-]#[N+]/C(C#N)=C(/C)c1ccc2cc(N(C)CCC[18F])ccc2c1. The Kier molecular flexibility index (Phi) is 5.33. The summed E-state index contributed by atoms with van der Waals surface area (Å²) in [4.78, 5) is 5.29. The molecule has 0 aromatic heterocycles. The maximum absolute atomic E-state index is 12.3. The summed E-state index contributed by atoms with van der Waals surface area (Å²) in [6, 6.07) is 13.9. The van der Waals surface area contributed by atoms with Gasteiger partial charge in [0.25, 0.3) is 5.70 Å². The van der Waals surface area contributed by atoms with Crippen LogP contribution in [0.2, 0.25) is 0 Å². The molecular formula is C19H18FN3. The van der Waals surface area contributed by atoms with E-state index in [1.165, 1.54) is 0 Å². The van der Waals surface area contributed by atoms with E-state index in [0.717, 1.165) is 22.0 Å². The predicted molar refractivity (Wildman–Crippen MR) is 92.6 cm³/mol. The van der Waals surface area contributed by atoms with E-state index >= 15 is 0 Å². The molecule has 0 fully saturated rings. The first-order valence-electron chi connectivity index (χ1n) is 7.40. The van der Waals surface area contributed by atoms with Crippen LogP contribution in [0.5, 0.6) is 0 Å². The van der Waals surface area contributed by atoms with Gasteiger partial charge in [0.1, 0.15) is 0 Å². The lowest BCUT2D eigenvalue weighted by Gasteiger charge is -2.19. The highest BCUT2D eigenvalue weighted by Crippen LogP contribution is 2.26. The third-order valence-electron chi connectivity index (χ3n) is 3.90. The van der Waals surface area contributed by atoms with E-state index in [9.17, 15) is 4.39 Å². The van der Waals surface area contributed by atoms with Crippen LogP contribution >= 0.6 is 0 Å². The highest BCUT2D eigenvalue weighted by molar-refractivity contribution is 5.89. The number of fused-ring (bicyclic) bond motifs is 1. The normalized spacial score (nSPS) is 11.5. The van der Waals surface area contributed by atoms with Gasteiger partial charge >= 0.3 is 0 Å². The Labute approximate surface area is 136 Å². The van der Waals surface area contributed by atoms with E-state index in [-0.39, 0.29) is 12.4 Å². The van der Waals surface area contributed by atoms with Crippen LogP contribution in [-0.2, 0) is 0 Å². The number of halogens is 1. The largest absolute Gasteiger partial charge is 0.374 e. The van der Waals surface area contributed by atoms with Crippen molar-refractivity contribution < 1.29 is 4.39 Å². The number of anilines is 1. The maximum Gasteiger partial charge on any atom is 0.265 e. The summed E-state index contributed by atoms with van der Waals surface area (Å²) in [5.74, 6) is 0. The van der Waals surface area contributed by atoms with Crippen molar-refractivity contribution in [3.8, 4) is 6.07 Å². The molecule has 0 bridgehead atoms. The molecule has 2 rings (SSSR count). The van der Waals surface area contributed by atoms with E-state index in [2.05, 4.69) is 10.9 Å². The van der Waals surface area contributed by atoms with Crippen molar-refractivity contribution in [3.63, 3.8) is 0 Å². The van der Waals surface area contributed by atoms with Gasteiger partial charge in [-0.3, -0.25) is 4.39 Å². The number of alkyl halides is 1. The fourth-order valence-electron chi connectivity index (χ4n) is 2.46. The summed E-state index contributed by atoms with van der Waals surface area (Å²) in [6.07, 6.45) is 0.519. The Balaban J connectivity index is 2.39. The molecule has 0 amide bonds. The van der Waals surface area contributed by atoms with Gasteiger partial charge in [0, 0.05) is 19.3 Å². The first-order valence-corrected chi connectivity index (χ1v) is 7.40. The average molecular weight is 306 g/mol. The first kappa shape index (κ1) is 16.5. The smallest absolute Gasteiger partial charge is 0.265 e. The van der Waals surface area contributed by atoms with Crippen molar-refractivity contribution in [2.75, 3.05) is 25.2 Å². The number of rotatable bonds is 5. The first-order chi connectivity index (χ1) is 11.1. The predicted octanol–water partition coefficient (Wildman–Crippen LogP) is 4.81. The Morgan fingerprint density at radius 3 is 2.61 bits per heavy atom. The molecule has 4 heteroatoms. The lowest BCUT2D eigenvalue weighted by molar-refractivity contribution is 0.474. The molecule has 23 heavy (non-hydrogen) atoms. The van der Waals surface area contributed by atoms with Crippen LogP contribution in [0.25, 0.3) is 21.2 Å². The van der Waals surface area contributed by atoms with Crippen molar-refractivity contribution in [1.29, 1.82) is 5.26 Å². The van der Waals surface area contributed by atoms with Crippen LogP contribution in [0.15, 0.2) is 42.1 Å². The molecule has 0 radical (unpaired) electrons. The van der Waals surface area contributed by atoms with Gasteiger partial charge in [0.2, 0.25) is 0 Å². The Morgan fingerprint density at radius 2 is 1.96 bits per heavy atom. The number of benzene rings is 2. The van der Waals surface area contributed by atoms with Gasteiger partial charge in [-0.1, -0.05) is 18.2 Å². The zero-order chi connectivity index (χ0) is 16.8. The van der Waals surface area contributed by atoms with Gasteiger partial charge in [0.15, 0.2) is 0 Å². The summed E-state index contributed by atoms with van der Waals surface area (Å²) in [5.41, 5.74) is 2.73. The van der Waals surface area contributed by atoms with Gasteiger partial charge in [-0.15, -0.1) is 0 Å². The van der Waals surface area contributed by atoms with E-state index in [4.69, 9.17) is 11.8 Å². The molecule has 0 N–H and O–H groups in total. The van der Waals surface area contributed by atoms with Gasteiger partial charge in [0.05, 0.1) is 19.3 Å². The lowest BCUT2D eigenvalue weighted by atomic mass is 10.0. The molecule has 3 nitrogen and oxygen atoms in total. The van der Waals surface area contributed by atoms with Crippen LogP contribution < -0.4 is 4.90 Å². The van der Waals surface area contributed by atoms with Crippen LogP contribution in [0.3, 0.4) is 0 Å². The quantitative estimate of drug-likeness (QED) is 0.586. The minimum atomic E-state index is -0.310. The highest BCUT2D eigenvalue weighted by atomic mass is 18.2. The highest BCUT2D eigenvalue weighted by Gasteiger charge is 2.07. The molecule has 0 aliphatic heterocycles. The number of nitrogens with zero attached hydrogens (tertiary/aromatic N) is 3. The van der Waals surface area contributed by atoms with E-state index < -0.39 is 0 Å². The third kappa shape index (κ3) is 3.67. The summed E-state index contributed by atoms with van der Waals surface area (Å²) in [5, 5.41) is 11.1. The topological polar surface area (TPSA) is 31.4 Å². The summed E-state index contributed by atoms with van der Waals surface area (Å²) in [6.45, 7) is 9.20. The summed E-state index contributed by atoms with van der Waals surface area (Å²) < 4.78 is 12.3. The average Bonchev–Trinajstić information content (AvgIpc) is 2.59. The molecule has 2 aromatic carbocycles. The zero-order valence-electron chi connectivity index (χ0n) is 13.3. The van der Waals surface area contributed by atoms with Crippen molar-refractivity contribution in [3.05, 3.63) is 59.1 Å². The van der Waals surface area contributed by atoms with E-state index in [0.29, 0.717) is 18.5 Å². The molecule has 0 saturated carbocycles. The molecular weight excluding hydrogens is 288 g/mol. The molecule has 0 heterocycles. The monoisotopic (exact) mass is 306 g/mol. The minimum Gasteiger partial charge on any atom is -0.374 e. The van der Waals surface area contributed by atoms with Crippen molar-refractivity contribution in [2.24, 2.45) is 0 Å². The van der Waals surface area contributed by atoms with Gasteiger partial charge in [-0.05, 0) is 53.5 Å². The summed E-state index contributed by atoms with van der Waals surface area (Å²) in [7, 11) is 1.95. The fourth-order valence-corrected chi connectivity index (χ4v) is 2.46. The number of hydrogen-bond acceptors (Lipinski definition) is 2. The number of nitriles is 1. The third-order valence-corrected chi connectivity index (χ3v) is 3.90. The molecule has 0 aliphatic carbocycles. The Morgan fingerprint density at radius 1 is 1.26 bits per heavy atom. The summed E-state index contributed by atoms with van der Waals surface area (Å²) >= 11 is 0. The second kappa shape index (κ2) is 7.42. The van der Waals surface area contributed by atoms with Crippen molar-refractivity contribution in [2.45, 2.75) is 13.3 Å². The standard InChI is InChI=1S/C19H18FN3/c1-14(19(13-21)22-2)15-5-6-17-12-18(8-7-16(17)11-15)23(3)10-4-9-20/h5-8,11-12H,4,9-10H2,1,3H3/b19-14-/i20-1. The molecule has 0 saturated heterocycles. The molecule has 0 spiro atoms. The molecule has 116 valence electrons. The second-order valence-electron chi connectivity index (χ2n) is 5.41. The number of allylic oxidation sites excluding steroid dienone is 2. The zero-order valence-corrected chi connectivity index (χ0v) is 13.3. The van der Waals surface area contributed by atoms with Crippen LogP contribution in [-0.4, -0.2) is 20.3 Å². The van der Waals surface area contributed by atoms with Crippen LogP contribution in [0.1, 0.15) is 18.9 Å². The maximum atomic E-state index is 12.3. The van der Waals surface area contributed by atoms with Crippen LogP contribution in [0.4, 0.5) is 10.1 Å². The van der Waals surface area contributed by atoms with Crippen LogP contribution in [0, 0.1) is 17.9 Å².